The minimum Gasteiger partial charge on any atom is -0.475 e. The third kappa shape index (κ3) is 4.45. The van der Waals surface area contributed by atoms with Crippen LogP contribution in [0.1, 0.15) is 37.9 Å². The van der Waals surface area contributed by atoms with Crippen molar-refractivity contribution in [2.45, 2.75) is 39.5 Å². The molecule has 0 spiro atoms. The molecule has 21 heavy (non-hydrogen) atoms. The van der Waals surface area contributed by atoms with Gasteiger partial charge in [-0.1, -0.05) is 35.9 Å². The highest BCUT2D eigenvalue weighted by Crippen LogP contribution is 2.23. The van der Waals surface area contributed by atoms with Gasteiger partial charge < -0.3 is 10.1 Å². The van der Waals surface area contributed by atoms with Crippen LogP contribution in [0.2, 0.25) is 5.02 Å². The molecule has 0 aliphatic rings. The van der Waals surface area contributed by atoms with E-state index in [1.807, 2.05) is 50.2 Å². The van der Waals surface area contributed by atoms with E-state index in [4.69, 9.17) is 16.3 Å². The van der Waals surface area contributed by atoms with Gasteiger partial charge in [0, 0.05) is 29.4 Å². The van der Waals surface area contributed by atoms with Crippen molar-refractivity contribution in [1.82, 2.24) is 10.3 Å². The zero-order valence-corrected chi connectivity index (χ0v) is 13.4. The zero-order valence-electron chi connectivity index (χ0n) is 12.6. The van der Waals surface area contributed by atoms with Crippen molar-refractivity contribution in [1.29, 1.82) is 0 Å². The van der Waals surface area contributed by atoms with Gasteiger partial charge in [-0.15, -0.1) is 0 Å². The van der Waals surface area contributed by atoms with Gasteiger partial charge in [-0.3, -0.25) is 0 Å². The highest BCUT2D eigenvalue weighted by atomic mass is 35.5. The normalized spacial score (nSPS) is 12.4. The molecule has 1 heterocycles. The first kappa shape index (κ1) is 15.8. The number of halogens is 1. The molecule has 1 aromatic carbocycles. The first-order valence-corrected chi connectivity index (χ1v) is 7.54. The molecule has 112 valence electrons. The van der Waals surface area contributed by atoms with Gasteiger partial charge in [0.1, 0.15) is 0 Å². The van der Waals surface area contributed by atoms with Crippen molar-refractivity contribution in [3.05, 3.63) is 58.7 Å². The summed E-state index contributed by atoms with van der Waals surface area (Å²) < 4.78 is 5.73. The average Bonchev–Trinajstić information content (AvgIpc) is 2.46. The first-order valence-electron chi connectivity index (χ1n) is 7.16. The van der Waals surface area contributed by atoms with E-state index in [-0.39, 0.29) is 12.1 Å². The molecule has 0 saturated heterocycles. The molecule has 1 aromatic heterocycles. The lowest BCUT2D eigenvalue weighted by Crippen LogP contribution is -2.19. The van der Waals surface area contributed by atoms with E-state index in [2.05, 4.69) is 17.2 Å². The van der Waals surface area contributed by atoms with E-state index < -0.39 is 0 Å². The molecule has 0 fully saturated rings. The van der Waals surface area contributed by atoms with Crippen molar-refractivity contribution >= 4 is 11.6 Å². The highest BCUT2D eigenvalue weighted by Gasteiger charge is 2.11. The summed E-state index contributed by atoms with van der Waals surface area (Å²) in [5.74, 6) is 0.686. The van der Waals surface area contributed by atoms with Gasteiger partial charge in [-0.05, 0) is 38.5 Å². The van der Waals surface area contributed by atoms with E-state index >= 15 is 0 Å². The lowest BCUT2D eigenvalue weighted by atomic mass is 10.1. The maximum absolute atomic E-state index is 6.22. The number of benzene rings is 1. The van der Waals surface area contributed by atoms with Crippen molar-refractivity contribution in [3.63, 3.8) is 0 Å². The molecule has 0 aliphatic heterocycles. The summed E-state index contributed by atoms with van der Waals surface area (Å²) in [6.45, 7) is 6.78. The van der Waals surface area contributed by atoms with Crippen LogP contribution in [-0.4, -0.2) is 11.1 Å². The van der Waals surface area contributed by atoms with Crippen LogP contribution in [0.25, 0.3) is 0 Å². The Morgan fingerprint density at radius 1 is 1.14 bits per heavy atom. The summed E-state index contributed by atoms with van der Waals surface area (Å²) in [5.41, 5.74) is 2.14. The van der Waals surface area contributed by atoms with Crippen molar-refractivity contribution in [2.24, 2.45) is 0 Å². The third-order valence-corrected chi connectivity index (χ3v) is 3.51. The average molecular weight is 305 g/mol. The summed E-state index contributed by atoms with van der Waals surface area (Å²) in [7, 11) is 0. The molecule has 0 bridgehead atoms. The molecule has 0 amide bonds. The fourth-order valence-electron chi connectivity index (χ4n) is 2.09. The number of nitrogens with one attached hydrogen (secondary N) is 1. The Labute approximate surface area is 131 Å². The summed E-state index contributed by atoms with van der Waals surface area (Å²) in [6.07, 6.45) is 1.86. The maximum Gasteiger partial charge on any atom is 0.218 e. The molecule has 2 rings (SSSR count). The second-order valence-electron chi connectivity index (χ2n) is 5.26. The van der Waals surface area contributed by atoms with Crippen LogP contribution in [0.3, 0.4) is 0 Å². The lowest BCUT2D eigenvalue weighted by molar-refractivity contribution is 0.229. The summed E-state index contributed by atoms with van der Waals surface area (Å²) >= 11 is 6.22. The predicted octanol–water partition coefficient (Wildman–Crippen LogP) is 4.37. The fourth-order valence-corrected chi connectivity index (χ4v) is 2.39. The smallest absolute Gasteiger partial charge is 0.218 e. The first-order chi connectivity index (χ1) is 10.1. The van der Waals surface area contributed by atoms with Gasteiger partial charge in [0.05, 0.1) is 6.10 Å². The Kier molecular flexibility index (Phi) is 5.59. The monoisotopic (exact) mass is 304 g/mol. The Morgan fingerprint density at radius 3 is 2.62 bits per heavy atom. The number of ether oxygens (including phenoxy) is 1. The van der Waals surface area contributed by atoms with Gasteiger partial charge >= 0.3 is 0 Å². The Bertz CT molecular complexity index is 587. The van der Waals surface area contributed by atoms with E-state index in [9.17, 15) is 0 Å². The van der Waals surface area contributed by atoms with Gasteiger partial charge in [0.15, 0.2) is 0 Å². The Morgan fingerprint density at radius 2 is 1.90 bits per heavy atom. The van der Waals surface area contributed by atoms with Crippen LogP contribution in [0.5, 0.6) is 5.88 Å². The second-order valence-corrected chi connectivity index (χ2v) is 5.67. The van der Waals surface area contributed by atoms with E-state index in [0.29, 0.717) is 12.4 Å². The van der Waals surface area contributed by atoms with Crippen LogP contribution in [0.4, 0.5) is 0 Å². The minimum absolute atomic E-state index is 0.111. The molecule has 4 heteroatoms. The number of hydrogen-bond acceptors (Lipinski definition) is 3. The van der Waals surface area contributed by atoms with Gasteiger partial charge in [-0.25, -0.2) is 4.98 Å². The number of hydrogen-bond donors (Lipinski definition) is 1. The number of aromatic nitrogens is 1. The second kappa shape index (κ2) is 7.43. The standard InChI is InChI=1S/C17H21ClN2O/c1-12(2)21-17-14(7-6-10-19-17)11-20-13(3)15-8-4-5-9-16(15)18/h4-10,12-13,20H,11H2,1-3H3. The van der Waals surface area contributed by atoms with Crippen molar-refractivity contribution < 1.29 is 4.74 Å². The van der Waals surface area contributed by atoms with Crippen molar-refractivity contribution in [2.75, 3.05) is 0 Å². The van der Waals surface area contributed by atoms with Gasteiger partial charge in [0.2, 0.25) is 5.88 Å². The molecule has 1 unspecified atom stereocenters. The Hall–Kier alpha value is -1.58. The molecule has 1 N–H and O–H groups in total. The molecule has 3 nitrogen and oxygen atoms in total. The van der Waals surface area contributed by atoms with Crippen LogP contribution in [0.15, 0.2) is 42.6 Å². The molecule has 2 aromatic rings. The maximum atomic E-state index is 6.22. The number of nitrogens with zero attached hydrogens (tertiary/aromatic N) is 1. The van der Waals surface area contributed by atoms with Crippen LogP contribution >= 0.6 is 11.6 Å². The van der Waals surface area contributed by atoms with Crippen molar-refractivity contribution in [3.8, 4) is 5.88 Å². The number of pyridine rings is 1. The molecular formula is C17H21ClN2O. The predicted molar refractivity (Wildman–Crippen MR) is 86.7 cm³/mol. The SMILES string of the molecule is CC(C)Oc1ncccc1CNC(C)c1ccccc1Cl. The summed E-state index contributed by atoms with van der Waals surface area (Å²) in [4.78, 5) is 4.30. The number of rotatable bonds is 6. The molecule has 1 atom stereocenters. The fraction of sp³-hybridized carbons (Fsp3) is 0.353. The van der Waals surface area contributed by atoms with Crippen LogP contribution in [0, 0.1) is 0 Å². The zero-order chi connectivity index (χ0) is 15.2. The van der Waals surface area contributed by atoms with E-state index in [0.717, 1.165) is 16.1 Å². The third-order valence-electron chi connectivity index (χ3n) is 3.17. The molecule has 0 radical (unpaired) electrons. The Balaban J connectivity index is 2.05. The van der Waals surface area contributed by atoms with E-state index in [1.54, 1.807) is 6.20 Å². The molecular weight excluding hydrogens is 284 g/mol. The molecule has 0 saturated carbocycles. The van der Waals surface area contributed by atoms with Crippen LogP contribution in [-0.2, 0) is 6.54 Å². The largest absolute Gasteiger partial charge is 0.475 e. The topological polar surface area (TPSA) is 34.1 Å². The van der Waals surface area contributed by atoms with Gasteiger partial charge in [0.25, 0.3) is 0 Å². The van der Waals surface area contributed by atoms with Crippen LogP contribution < -0.4 is 10.1 Å². The quantitative estimate of drug-likeness (QED) is 0.860. The molecule has 0 aliphatic carbocycles. The minimum atomic E-state index is 0.111. The lowest BCUT2D eigenvalue weighted by Gasteiger charge is -2.17. The van der Waals surface area contributed by atoms with Gasteiger partial charge in [-0.2, -0.15) is 0 Å². The summed E-state index contributed by atoms with van der Waals surface area (Å²) in [5, 5.41) is 4.25. The highest BCUT2D eigenvalue weighted by molar-refractivity contribution is 6.31. The van der Waals surface area contributed by atoms with E-state index in [1.165, 1.54) is 0 Å². The summed E-state index contributed by atoms with van der Waals surface area (Å²) in [6, 6.07) is 12.0.